The number of halogens is 1. The number of furan rings is 1. The molecule has 0 radical (unpaired) electrons. The van der Waals surface area contributed by atoms with Gasteiger partial charge in [-0.1, -0.05) is 29.8 Å². The fraction of sp³-hybridized carbons (Fsp3) is 0.0500. The summed E-state index contributed by atoms with van der Waals surface area (Å²) in [7, 11) is 0. The number of rotatable bonds is 4. The molecule has 4 nitrogen and oxygen atoms in total. The largest absolute Gasteiger partial charge is 0.505 e. The van der Waals surface area contributed by atoms with E-state index in [9.17, 15) is 5.11 Å². The summed E-state index contributed by atoms with van der Waals surface area (Å²) in [5.41, 5.74) is 2.12. The normalized spacial score (nSPS) is 12.2. The molecule has 2 aromatic carbocycles. The van der Waals surface area contributed by atoms with E-state index in [0.29, 0.717) is 21.9 Å². The van der Waals surface area contributed by atoms with Crippen LogP contribution in [-0.4, -0.2) is 10.1 Å². The predicted molar refractivity (Wildman–Crippen MR) is 99.0 cm³/mol. The van der Waals surface area contributed by atoms with Crippen LogP contribution < -0.4 is 5.32 Å². The summed E-state index contributed by atoms with van der Waals surface area (Å²) in [5.74, 6) is 0.835. The molecule has 0 aliphatic rings. The number of benzene rings is 2. The molecule has 1 atom stereocenters. The number of phenols is 1. The Morgan fingerprint density at radius 3 is 2.60 bits per heavy atom. The molecule has 1 unspecified atom stereocenters. The van der Waals surface area contributed by atoms with Crippen molar-refractivity contribution >= 4 is 28.2 Å². The van der Waals surface area contributed by atoms with Crippen molar-refractivity contribution in [1.82, 2.24) is 4.98 Å². The van der Waals surface area contributed by atoms with E-state index >= 15 is 0 Å². The average molecular weight is 351 g/mol. The number of hydrogen-bond acceptors (Lipinski definition) is 4. The second-order valence-corrected chi connectivity index (χ2v) is 6.11. The van der Waals surface area contributed by atoms with Crippen molar-refractivity contribution in [2.45, 2.75) is 6.04 Å². The Labute approximate surface area is 149 Å². The van der Waals surface area contributed by atoms with E-state index in [2.05, 4.69) is 10.3 Å². The summed E-state index contributed by atoms with van der Waals surface area (Å²) >= 11 is 5.96. The van der Waals surface area contributed by atoms with Gasteiger partial charge in [0.1, 0.15) is 23.1 Å². The van der Waals surface area contributed by atoms with Gasteiger partial charge in [0.05, 0.1) is 6.26 Å². The summed E-state index contributed by atoms with van der Waals surface area (Å²) in [5, 5.41) is 15.7. The maximum atomic E-state index is 10.8. The average Bonchev–Trinajstić information content (AvgIpc) is 3.17. The summed E-state index contributed by atoms with van der Waals surface area (Å²) < 4.78 is 5.59. The van der Waals surface area contributed by atoms with Crippen molar-refractivity contribution in [3.63, 3.8) is 0 Å². The number of hydrogen-bond donors (Lipinski definition) is 2. The van der Waals surface area contributed by atoms with E-state index in [0.717, 1.165) is 11.1 Å². The van der Waals surface area contributed by atoms with Crippen molar-refractivity contribution in [2.24, 2.45) is 0 Å². The van der Waals surface area contributed by atoms with Crippen LogP contribution in [0.25, 0.3) is 10.9 Å². The van der Waals surface area contributed by atoms with E-state index in [-0.39, 0.29) is 11.8 Å². The molecule has 0 aliphatic heterocycles. The van der Waals surface area contributed by atoms with Gasteiger partial charge in [0.2, 0.25) is 0 Å². The first-order valence-corrected chi connectivity index (χ1v) is 8.22. The zero-order valence-electron chi connectivity index (χ0n) is 13.2. The summed E-state index contributed by atoms with van der Waals surface area (Å²) in [4.78, 5) is 4.30. The van der Waals surface area contributed by atoms with Gasteiger partial charge in [-0.05, 0) is 42.5 Å². The van der Waals surface area contributed by atoms with Crippen LogP contribution in [0.3, 0.4) is 0 Å². The lowest BCUT2D eigenvalue weighted by Gasteiger charge is -2.20. The lowest BCUT2D eigenvalue weighted by Crippen LogP contribution is -2.12. The smallest absolute Gasteiger partial charge is 0.147 e. The van der Waals surface area contributed by atoms with Gasteiger partial charge in [-0.25, -0.2) is 0 Å². The van der Waals surface area contributed by atoms with Crippen LogP contribution in [-0.2, 0) is 0 Å². The Balaban J connectivity index is 1.81. The number of aromatic hydroxyl groups is 1. The van der Waals surface area contributed by atoms with Crippen molar-refractivity contribution in [3.05, 3.63) is 89.5 Å². The monoisotopic (exact) mass is 350 g/mol. The molecule has 0 aliphatic carbocycles. The zero-order valence-corrected chi connectivity index (χ0v) is 13.9. The molecule has 2 aromatic heterocycles. The molecule has 0 saturated heterocycles. The maximum Gasteiger partial charge on any atom is 0.147 e. The number of aromatic nitrogens is 1. The van der Waals surface area contributed by atoms with Gasteiger partial charge >= 0.3 is 0 Å². The summed E-state index contributed by atoms with van der Waals surface area (Å²) in [6.07, 6.45) is 3.28. The van der Waals surface area contributed by atoms with Gasteiger partial charge in [0, 0.05) is 27.9 Å². The molecule has 0 spiro atoms. The van der Waals surface area contributed by atoms with Crippen LogP contribution in [0.4, 0.5) is 5.69 Å². The Morgan fingerprint density at radius 2 is 1.84 bits per heavy atom. The summed E-state index contributed by atoms with van der Waals surface area (Å²) in [6, 6.07) is 18.3. The lowest BCUT2D eigenvalue weighted by molar-refractivity contribution is 0.458. The molecule has 2 N–H and O–H groups in total. The highest BCUT2D eigenvalue weighted by Crippen LogP contribution is 2.36. The minimum Gasteiger partial charge on any atom is -0.505 e. The first-order chi connectivity index (χ1) is 12.2. The highest BCUT2D eigenvalue weighted by molar-refractivity contribution is 6.30. The number of nitrogens with one attached hydrogen (secondary N) is 1. The molecule has 5 heteroatoms. The molecule has 25 heavy (non-hydrogen) atoms. The standard InChI is InChI=1S/C20H15ClN2O2/c21-14-6-8-15(9-7-14)23-19(17-4-2-12-25-17)16-10-5-13-3-1-11-22-18(13)20(16)24/h1-12,19,23-24H. The van der Waals surface area contributed by atoms with E-state index in [1.165, 1.54) is 0 Å². The first kappa shape index (κ1) is 15.5. The minimum absolute atomic E-state index is 0.140. The SMILES string of the molecule is Oc1c(C(Nc2ccc(Cl)cc2)c2ccco2)ccc2cccnc12. The van der Waals surface area contributed by atoms with Crippen molar-refractivity contribution in [1.29, 1.82) is 0 Å². The molecule has 0 fully saturated rings. The molecule has 0 bridgehead atoms. The lowest BCUT2D eigenvalue weighted by atomic mass is 10.0. The van der Waals surface area contributed by atoms with Crippen LogP contribution in [0, 0.1) is 0 Å². The Morgan fingerprint density at radius 1 is 1.00 bits per heavy atom. The Kier molecular flexibility index (Phi) is 4.04. The molecule has 4 rings (SSSR count). The van der Waals surface area contributed by atoms with E-state index in [1.54, 1.807) is 12.5 Å². The molecule has 4 aromatic rings. The van der Waals surface area contributed by atoms with Crippen LogP contribution in [0.5, 0.6) is 5.75 Å². The predicted octanol–water partition coefficient (Wildman–Crippen LogP) is 5.39. The fourth-order valence-corrected chi connectivity index (χ4v) is 2.97. The Bertz CT molecular complexity index is 998. The second-order valence-electron chi connectivity index (χ2n) is 5.68. The second kappa shape index (κ2) is 6.49. The van der Waals surface area contributed by atoms with Gasteiger partial charge in [0.15, 0.2) is 0 Å². The molecular weight excluding hydrogens is 336 g/mol. The summed E-state index contributed by atoms with van der Waals surface area (Å²) in [6.45, 7) is 0. The van der Waals surface area contributed by atoms with E-state index < -0.39 is 0 Å². The third-order valence-corrected chi connectivity index (χ3v) is 4.33. The molecule has 0 saturated carbocycles. The van der Waals surface area contributed by atoms with Crippen molar-refractivity contribution < 1.29 is 9.52 Å². The van der Waals surface area contributed by atoms with Crippen LogP contribution in [0.2, 0.25) is 5.02 Å². The third kappa shape index (κ3) is 3.04. The highest BCUT2D eigenvalue weighted by atomic mass is 35.5. The van der Waals surface area contributed by atoms with E-state index in [4.69, 9.17) is 16.0 Å². The Hall–Kier alpha value is -2.98. The fourth-order valence-electron chi connectivity index (χ4n) is 2.85. The number of anilines is 1. The van der Waals surface area contributed by atoms with Crippen LogP contribution >= 0.6 is 11.6 Å². The van der Waals surface area contributed by atoms with E-state index in [1.807, 2.05) is 60.7 Å². The molecule has 0 amide bonds. The van der Waals surface area contributed by atoms with Gasteiger partial charge in [-0.3, -0.25) is 4.98 Å². The van der Waals surface area contributed by atoms with Gasteiger partial charge in [-0.15, -0.1) is 0 Å². The minimum atomic E-state index is -0.359. The van der Waals surface area contributed by atoms with Crippen LogP contribution in [0.15, 0.2) is 77.5 Å². The van der Waals surface area contributed by atoms with Gasteiger partial charge in [-0.2, -0.15) is 0 Å². The van der Waals surface area contributed by atoms with Gasteiger partial charge < -0.3 is 14.8 Å². The number of fused-ring (bicyclic) bond motifs is 1. The molecular formula is C20H15ClN2O2. The first-order valence-electron chi connectivity index (χ1n) is 7.84. The number of nitrogens with zero attached hydrogens (tertiary/aromatic N) is 1. The topological polar surface area (TPSA) is 58.3 Å². The van der Waals surface area contributed by atoms with Crippen LogP contribution in [0.1, 0.15) is 17.4 Å². The maximum absolute atomic E-state index is 10.8. The number of pyridine rings is 1. The van der Waals surface area contributed by atoms with Crippen molar-refractivity contribution in [3.8, 4) is 5.75 Å². The van der Waals surface area contributed by atoms with Crippen molar-refractivity contribution in [2.75, 3.05) is 5.32 Å². The quantitative estimate of drug-likeness (QED) is 0.518. The van der Waals surface area contributed by atoms with Gasteiger partial charge in [0.25, 0.3) is 0 Å². The molecule has 2 heterocycles. The highest BCUT2D eigenvalue weighted by Gasteiger charge is 2.22. The third-order valence-electron chi connectivity index (χ3n) is 4.07. The molecule has 124 valence electrons. The number of phenolic OH excluding ortho intramolecular Hbond substituents is 1. The zero-order chi connectivity index (χ0) is 17.2.